The number of rotatable bonds is 3. The number of hydrogen-bond acceptors (Lipinski definition) is 2. The summed E-state index contributed by atoms with van der Waals surface area (Å²) in [5.74, 6) is 0. The van der Waals surface area contributed by atoms with Gasteiger partial charge in [-0.3, -0.25) is 0 Å². The molecule has 0 atom stereocenters. The van der Waals surface area contributed by atoms with Crippen molar-refractivity contribution in [2.75, 3.05) is 6.61 Å². The Balaban J connectivity index is 3.10. The lowest BCUT2D eigenvalue weighted by Crippen LogP contribution is -1.99. The first-order chi connectivity index (χ1) is 4.13. The van der Waals surface area contributed by atoms with Crippen molar-refractivity contribution in [1.29, 1.82) is 0 Å². The van der Waals surface area contributed by atoms with Crippen LogP contribution in [0.1, 0.15) is 13.3 Å². The molecule has 0 heterocycles. The Morgan fingerprint density at radius 1 is 1.67 bits per heavy atom. The molecule has 9 heavy (non-hydrogen) atoms. The van der Waals surface area contributed by atoms with Crippen LogP contribution in [0.15, 0.2) is 12.2 Å². The molecule has 3 heteroatoms. The van der Waals surface area contributed by atoms with Gasteiger partial charge >= 0.3 is 6.16 Å². The molecule has 0 rings (SSSR count). The normalized spacial score (nSPS) is 8.56. The Bertz CT molecular complexity index is 103. The van der Waals surface area contributed by atoms with E-state index in [1.165, 1.54) is 0 Å². The summed E-state index contributed by atoms with van der Waals surface area (Å²) < 4.78 is 4.10. The summed E-state index contributed by atoms with van der Waals surface area (Å²) in [5.41, 5.74) is 0.899. The van der Waals surface area contributed by atoms with Gasteiger partial charge in [0.05, 0.1) is 6.61 Å². The molecule has 0 aromatic carbocycles. The average Bonchev–Trinajstić information content (AvgIpc) is 1.63. The van der Waals surface area contributed by atoms with E-state index < -0.39 is 6.16 Å². The van der Waals surface area contributed by atoms with E-state index in [0.29, 0.717) is 6.42 Å². The first-order valence-electron chi connectivity index (χ1n) is 2.61. The molecule has 0 fully saturated rings. The molecule has 0 aliphatic carbocycles. The van der Waals surface area contributed by atoms with E-state index in [1.54, 1.807) is 6.92 Å². The number of carbonyl (C=O) groups excluding carboxylic acids is 1. The van der Waals surface area contributed by atoms with Gasteiger partial charge in [-0.05, 0) is 6.92 Å². The van der Waals surface area contributed by atoms with Crippen LogP contribution in [0.3, 0.4) is 0 Å². The summed E-state index contributed by atoms with van der Waals surface area (Å²) in [5, 5.41) is 9.62. The molecule has 0 spiro atoms. The van der Waals surface area contributed by atoms with Gasteiger partial charge in [-0.2, -0.15) is 9.90 Å². The predicted octanol–water partition coefficient (Wildman–Crippen LogP) is 1.52. The van der Waals surface area contributed by atoms with E-state index in [-0.39, 0.29) is 6.61 Å². The molecular weight excluding hydrogens is 120 g/mol. The van der Waals surface area contributed by atoms with Gasteiger partial charge in [-0.25, -0.2) is 0 Å². The Hall–Kier alpha value is -0.990. The molecule has 0 aliphatic rings. The highest BCUT2D eigenvalue weighted by Gasteiger charge is 1.96. The standard InChI is InChI=1S/C6H9O3/c1-5(2)3-4-9-6(7)8/h1,3-4H2,2H3. The number of carbonyl (C=O) groups is 1. The summed E-state index contributed by atoms with van der Waals surface area (Å²) in [4.78, 5) is 9.62. The smallest absolute Gasteiger partial charge is 0.431 e. The highest BCUT2D eigenvalue weighted by atomic mass is 16.7. The fourth-order valence-corrected chi connectivity index (χ4v) is 0.309. The predicted molar refractivity (Wildman–Crippen MR) is 31.5 cm³/mol. The van der Waals surface area contributed by atoms with Crippen molar-refractivity contribution in [3.63, 3.8) is 0 Å². The first kappa shape index (κ1) is 8.01. The van der Waals surface area contributed by atoms with E-state index in [4.69, 9.17) is 0 Å². The lowest BCUT2D eigenvalue weighted by molar-refractivity contribution is 0.0688. The first-order valence-corrected chi connectivity index (χ1v) is 2.61. The van der Waals surface area contributed by atoms with Crippen LogP contribution in [0.2, 0.25) is 0 Å². The van der Waals surface area contributed by atoms with E-state index >= 15 is 0 Å². The molecule has 0 aliphatic heterocycles. The highest BCUT2D eigenvalue weighted by molar-refractivity contribution is 5.56. The zero-order valence-electron chi connectivity index (χ0n) is 5.35. The Labute approximate surface area is 53.9 Å². The molecule has 51 valence electrons. The second kappa shape index (κ2) is 3.95. The molecule has 0 aromatic rings. The minimum atomic E-state index is -1.48. The highest BCUT2D eigenvalue weighted by Crippen LogP contribution is 1.94. The minimum Gasteiger partial charge on any atom is -0.431 e. The van der Waals surface area contributed by atoms with Gasteiger partial charge in [-0.1, -0.05) is 5.57 Å². The zero-order chi connectivity index (χ0) is 7.28. The minimum absolute atomic E-state index is 0.150. The van der Waals surface area contributed by atoms with E-state index in [0.717, 1.165) is 5.57 Å². The van der Waals surface area contributed by atoms with Gasteiger partial charge in [0, 0.05) is 6.42 Å². The SMILES string of the molecule is C=C(C)CCOC([O])=O. The maximum atomic E-state index is 9.62. The van der Waals surface area contributed by atoms with Crippen molar-refractivity contribution in [2.45, 2.75) is 13.3 Å². The van der Waals surface area contributed by atoms with Crippen molar-refractivity contribution < 1.29 is 14.6 Å². The Morgan fingerprint density at radius 3 is 2.56 bits per heavy atom. The fourth-order valence-electron chi connectivity index (χ4n) is 0.309. The van der Waals surface area contributed by atoms with Crippen LogP contribution in [0.5, 0.6) is 0 Å². The van der Waals surface area contributed by atoms with Gasteiger partial charge in [0.1, 0.15) is 0 Å². The van der Waals surface area contributed by atoms with Gasteiger partial charge in [0.15, 0.2) is 0 Å². The largest absolute Gasteiger partial charge is 0.550 e. The van der Waals surface area contributed by atoms with Crippen LogP contribution in [-0.4, -0.2) is 12.8 Å². The lowest BCUT2D eigenvalue weighted by atomic mass is 10.3. The summed E-state index contributed by atoms with van der Waals surface area (Å²) in [7, 11) is 0. The third kappa shape index (κ3) is 7.01. The number of hydrogen-bond donors (Lipinski definition) is 0. The van der Waals surface area contributed by atoms with Crippen LogP contribution in [0.4, 0.5) is 4.79 Å². The van der Waals surface area contributed by atoms with Crippen LogP contribution >= 0.6 is 0 Å². The summed E-state index contributed by atoms with van der Waals surface area (Å²) in [6, 6.07) is 0. The molecule has 0 N–H and O–H groups in total. The molecule has 0 bridgehead atoms. The second-order valence-corrected chi connectivity index (χ2v) is 1.81. The van der Waals surface area contributed by atoms with Crippen LogP contribution in [0, 0.1) is 0 Å². The molecule has 0 unspecified atom stereocenters. The van der Waals surface area contributed by atoms with Gasteiger partial charge in [0.2, 0.25) is 0 Å². The molecule has 1 radical (unpaired) electrons. The van der Waals surface area contributed by atoms with E-state index in [2.05, 4.69) is 11.3 Å². The third-order valence-corrected chi connectivity index (χ3v) is 0.749. The zero-order valence-corrected chi connectivity index (χ0v) is 5.35. The molecule has 3 nitrogen and oxygen atoms in total. The van der Waals surface area contributed by atoms with Crippen molar-refractivity contribution in [3.8, 4) is 0 Å². The molecule has 0 amide bonds. The van der Waals surface area contributed by atoms with Gasteiger partial charge in [0.25, 0.3) is 0 Å². The van der Waals surface area contributed by atoms with Gasteiger partial charge in [-0.15, -0.1) is 6.58 Å². The van der Waals surface area contributed by atoms with Gasteiger partial charge < -0.3 is 4.74 Å². The van der Waals surface area contributed by atoms with Crippen LogP contribution in [0.25, 0.3) is 0 Å². The maximum Gasteiger partial charge on any atom is 0.550 e. The summed E-state index contributed by atoms with van der Waals surface area (Å²) in [6.07, 6.45) is -0.912. The topological polar surface area (TPSA) is 46.2 Å². The van der Waals surface area contributed by atoms with Crippen LogP contribution in [-0.2, 0) is 9.84 Å². The summed E-state index contributed by atoms with van der Waals surface area (Å²) >= 11 is 0. The molecular formula is C6H9O3. The van der Waals surface area contributed by atoms with E-state index in [9.17, 15) is 9.90 Å². The monoisotopic (exact) mass is 129 g/mol. The average molecular weight is 129 g/mol. The van der Waals surface area contributed by atoms with Crippen LogP contribution < -0.4 is 0 Å². The Kier molecular flexibility index (Phi) is 3.51. The summed E-state index contributed by atoms with van der Waals surface area (Å²) in [6.45, 7) is 5.51. The molecule has 0 aromatic heterocycles. The molecule has 0 saturated carbocycles. The Morgan fingerprint density at radius 2 is 2.22 bits per heavy atom. The lowest BCUT2D eigenvalue weighted by Gasteiger charge is -1.95. The fraction of sp³-hybridized carbons (Fsp3) is 0.500. The number of ether oxygens (including phenoxy) is 1. The van der Waals surface area contributed by atoms with Crippen molar-refractivity contribution in [3.05, 3.63) is 12.2 Å². The second-order valence-electron chi connectivity index (χ2n) is 1.81. The molecule has 0 saturated heterocycles. The van der Waals surface area contributed by atoms with E-state index in [1.807, 2.05) is 0 Å². The van der Waals surface area contributed by atoms with Crippen molar-refractivity contribution in [2.24, 2.45) is 0 Å². The third-order valence-electron chi connectivity index (χ3n) is 0.749. The quantitative estimate of drug-likeness (QED) is 0.428. The van der Waals surface area contributed by atoms with Crippen molar-refractivity contribution >= 4 is 6.16 Å². The maximum absolute atomic E-state index is 9.62. The van der Waals surface area contributed by atoms with Crippen molar-refractivity contribution in [1.82, 2.24) is 0 Å².